The molecule has 3 aromatic carbocycles. The molecule has 0 amide bonds. The zero-order chi connectivity index (χ0) is 17.3. The van der Waals surface area contributed by atoms with E-state index >= 15 is 0 Å². The van der Waals surface area contributed by atoms with Crippen LogP contribution in [0.3, 0.4) is 0 Å². The van der Waals surface area contributed by atoms with Gasteiger partial charge in [-0.25, -0.2) is 0 Å². The number of para-hydroxylation sites is 2. The Balaban J connectivity index is 1.47. The fourth-order valence-corrected chi connectivity index (χ4v) is 2.59. The molecule has 4 heteroatoms. The van der Waals surface area contributed by atoms with Gasteiger partial charge in [-0.1, -0.05) is 54.1 Å². The van der Waals surface area contributed by atoms with E-state index in [1.54, 1.807) is 0 Å². The number of nitrogens with one attached hydrogen (secondary N) is 1. The lowest BCUT2D eigenvalue weighted by atomic mass is 10.2. The standard InChI is InChI=1S/C21H20ClNO2/c22-20-11-4-5-12-21(20)23-16-17-7-6-10-19(15-17)25-14-13-24-18-8-2-1-3-9-18/h1-12,15,23H,13-14,16H2. The van der Waals surface area contributed by atoms with Crippen molar-refractivity contribution in [3.63, 3.8) is 0 Å². The first-order chi connectivity index (χ1) is 12.3. The second-order valence-electron chi connectivity index (χ2n) is 5.49. The molecule has 3 nitrogen and oxygen atoms in total. The molecule has 0 aliphatic heterocycles. The fraction of sp³-hybridized carbons (Fsp3) is 0.143. The minimum absolute atomic E-state index is 0.496. The van der Waals surface area contributed by atoms with Gasteiger partial charge in [0.25, 0.3) is 0 Å². The zero-order valence-corrected chi connectivity index (χ0v) is 14.6. The number of anilines is 1. The van der Waals surface area contributed by atoms with Crippen LogP contribution in [0.2, 0.25) is 5.02 Å². The molecule has 0 spiro atoms. The van der Waals surface area contributed by atoms with Gasteiger partial charge >= 0.3 is 0 Å². The van der Waals surface area contributed by atoms with Gasteiger partial charge in [0.1, 0.15) is 24.7 Å². The SMILES string of the molecule is Clc1ccccc1NCc1cccc(OCCOc2ccccc2)c1. The van der Waals surface area contributed by atoms with Crippen LogP contribution in [0.25, 0.3) is 0 Å². The summed E-state index contributed by atoms with van der Waals surface area (Å²) in [5.74, 6) is 1.68. The van der Waals surface area contributed by atoms with E-state index in [0.717, 1.165) is 22.7 Å². The molecule has 1 N–H and O–H groups in total. The summed E-state index contributed by atoms with van der Waals surface area (Å²) < 4.78 is 11.4. The van der Waals surface area contributed by atoms with Gasteiger partial charge in [-0.2, -0.15) is 0 Å². The van der Waals surface area contributed by atoms with Crippen LogP contribution in [-0.4, -0.2) is 13.2 Å². The Morgan fingerprint density at radius 1 is 0.720 bits per heavy atom. The summed E-state index contributed by atoms with van der Waals surface area (Å²) >= 11 is 6.16. The Kier molecular flexibility index (Phi) is 6.18. The number of ether oxygens (including phenoxy) is 2. The normalized spacial score (nSPS) is 10.3. The van der Waals surface area contributed by atoms with Gasteiger partial charge in [-0.05, 0) is 42.0 Å². The molecule has 0 saturated heterocycles. The lowest BCUT2D eigenvalue weighted by Gasteiger charge is -2.11. The lowest BCUT2D eigenvalue weighted by molar-refractivity contribution is 0.217. The molecule has 0 radical (unpaired) electrons. The minimum Gasteiger partial charge on any atom is -0.490 e. The van der Waals surface area contributed by atoms with E-state index in [2.05, 4.69) is 11.4 Å². The van der Waals surface area contributed by atoms with Crippen LogP contribution in [0.15, 0.2) is 78.9 Å². The van der Waals surface area contributed by atoms with Crippen molar-refractivity contribution in [1.29, 1.82) is 0 Å². The summed E-state index contributed by atoms with van der Waals surface area (Å²) in [7, 11) is 0. The van der Waals surface area contributed by atoms with E-state index in [0.29, 0.717) is 24.8 Å². The van der Waals surface area contributed by atoms with Crippen LogP contribution in [0.5, 0.6) is 11.5 Å². The molecule has 0 aliphatic carbocycles. The van der Waals surface area contributed by atoms with Crippen molar-refractivity contribution in [3.05, 3.63) is 89.4 Å². The summed E-state index contributed by atoms with van der Waals surface area (Å²) in [6.07, 6.45) is 0. The molecule has 0 atom stereocenters. The maximum atomic E-state index is 6.16. The quantitative estimate of drug-likeness (QED) is 0.549. The van der Waals surface area contributed by atoms with Crippen molar-refractivity contribution in [2.45, 2.75) is 6.54 Å². The van der Waals surface area contributed by atoms with E-state index in [1.165, 1.54) is 0 Å². The number of rotatable bonds is 8. The molecule has 0 unspecified atom stereocenters. The topological polar surface area (TPSA) is 30.5 Å². The van der Waals surface area contributed by atoms with Crippen molar-refractivity contribution in [2.75, 3.05) is 18.5 Å². The molecule has 0 fully saturated rings. The first-order valence-corrected chi connectivity index (χ1v) is 8.57. The summed E-state index contributed by atoms with van der Waals surface area (Å²) in [6.45, 7) is 1.68. The highest BCUT2D eigenvalue weighted by Gasteiger charge is 2.01. The summed E-state index contributed by atoms with van der Waals surface area (Å²) in [5.41, 5.74) is 2.05. The van der Waals surface area contributed by atoms with Gasteiger partial charge in [0.05, 0.1) is 10.7 Å². The predicted octanol–water partition coefficient (Wildman–Crippen LogP) is 5.41. The lowest BCUT2D eigenvalue weighted by Crippen LogP contribution is -2.09. The van der Waals surface area contributed by atoms with Crippen LogP contribution in [0.1, 0.15) is 5.56 Å². The van der Waals surface area contributed by atoms with Crippen LogP contribution in [0.4, 0.5) is 5.69 Å². The van der Waals surface area contributed by atoms with Gasteiger partial charge in [0.2, 0.25) is 0 Å². The maximum absolute atomic E-state index is 6.16. The molecule has 3 rings (SSSR count). The van der Waals surface area contributed by atoms with E-state index in [1.807, 2.05) is 72.8 Å². The second kappa shape index (κ2) is 9.00. The fourth-order valence-electron chi connectivity index (χ4n) is 2.38. The van der Waals surface area contributed by atoms with Gasteiger partial charge in [-0.3, -0.25) is 0 Å². The summed E-state index contributed by atoms with van der Waals surface area (Å²) in [6, 6.07) is 25.4. The van der Waals surface area contributed by atoms with Crippen LogP contribution in [0, 0.1) is 0 Å². The van der Waals surface area contributed by atoms with Gasteiger partial charge < -0.3 is 14.8 Å². The van der Waals surface area contributed by atoms with Crippen molar-refractivity contribution in [1.82, 2.24) is 0 Å². The third kappa shape index (κ3) is 5.44. The van der Waals surface area contributed by atoms with E-state index in [9.17, 15) is 0 Å². The average molecular weight is 354 g/mol. The summed E-state index contributed by atoms with van der Waals surface area (Å²) in [4.78, 5) is 0. The molecule has 0 saturated carbocycles. The van der Waals surface area contributed by atoms with Gasteiger partial charge in [-0.15, -0.1) is 0 Å². The van der Waals surface area contributed by atoms with E-state index in [4.69, 9.17) is 21.1 Å². The first kappa shape index (κ1) is 17.2. The van der Waals surface area contributed by atoms with Crippen molar-refractivity contribution >= 4 is 17.3 Å². The monoisotopic (exact) mass is 353 g/mol. The Morgan fingerprint density at radius 2 is 1.40 bits per heavy atom. The zero-order valence-electron chi connectivity index (χ0n) is 13.8. The largest absolute Gasteiger partial charge is 0.490 e. The molecule has 3 aromatic rings. The molecular formula is C21H20ClNO2. The van der Waals surface area contributed by atoms with Crippen LogP contribution < -0.4 is 14.8 Å². The number of benzene rings is 3. The molecule has 0 aliphatic rings. The summed E-state index contributed by atoms with van der Waals surface area (Å²) in [5, 5.41) is 4.05. The smallest absolute Gasteiger partial charge is 0.122 e. The Labute approximate surface area is 153 Å². The van der Waals surface area contributed by atoms with E-state index < -0.39 is 0 Å². The molecule has 0 aromatic heterocycles. The third-order valence-corrected chi connectivity index (χ3v) is 3.95. The third-order valence-electron chi connectivity index (χ3n) is 3.62. The predicted molar refractivity (Wildman–Crippen MR) is 103 cm³/mol. The Hall–Kier alpha value is -2.65. The maximum Gasteiger partial charge on any atom is 0.122 e. The first-order valence-electron chi connectivity index (χ1n) is 8.19. The van der Waals surface area contributed by atoms with Gasteiger partial charge in [0, 0.05) is 6.54 Å². The highest BCUT2D eigenvalue weighted by molar-refractivity contribution is 6.33. The molecule has 128 valence electrons. The van der Waals surface area contributed by atoms with E-state index in [-0.39, 0.29) is 0 Å². The second-order valence-corrected chi connectivity index (χ2v) is 5.90. The number of halogens is 1. The Morgan fingerprint density at radius 3 is 2.20 bits per heavy atom. The molecule has 25 heavy (non-hydrogen) atoms. The highest BCUT2D eigenvalue weighted by Crippen LogP contribution is 2.22. The number of hydrogen-bond acceptors (Lipinski definition) is 3. The van der Waals surface area contributed by atoms with Crippen molar-refractivity contribution in [3.8, 4) is 11.5 Å². The molecule has 0 heterocycles. The van der Waals surface area contributed by atoms with Crippen LogP contribution >= 0.6 is 11.6 Å². The van der Waals surface area contributed by atoms with Gasteiger partial charge in [0.15, 0.2) is 0 Å². The highest BCUT2D eigenvalue weighted by atomic mass is 35.5. The van der Waals surface area contributed by atoms with Crippen molar-refractivity contribution < 1.29 is 9.47 Å². The molecule has 0 bridgehead atoms. The Bertz CT molecular complexity index is 793. The van der Waals surface area contributed by atoms with Crippen molar-refractivity contribution in [2.24, 2.45) is 0 Å². The molecular weight excluding hydrogens is 334 g/mol. The van der Waals surface area contributed by atoms with Crippen LogP contribution in [-0.2, 0) is 6.54 Å². The minimum atomic E-state index is 0.496. The number of hydrogen-bond donors (Lipinski definition) is 1. The average Bonchev–Trinajstić information content (AvgIpc) is 2.66.